The lowest BCUT2D eigenvalue weighted by Gasteiger charge is -2.17. The fourth-order valence-electron chi connectivity index (χ4n) is 1.55. The predicted molar refractivity (Wildman–Crippen MR) is 70.8 cm³/mol. The van der Waals surface area contributed by atoms with Crippen LogP contribution in [-0.2, 0) is 11.2 Å². The summed E-state index contributed by atoms with van der Waals surface area (Å²) in [5.41, 5.74) is 0.927. The van der Waals surface area contributed by atoms with Gasteiger partial charge in [0.1, 0.15) is 0 Å². The highest BCUT2D eigenvalue weighted by atomic mass is 16.4. The fourth-order valence-corrected chi connectivity index (χ4v) is 1.55. The first kappa shape index (κ1) is 14.9. The summed E-state index contributed by atoms with van der Waals surface area (Å²) >= 11 is 0. The van der Waals surface area contributed by atoms with E-state index in [9.17, 15) is 9.59 Å². The average molecular weight is 265 g/mol. The minimum absolute atomic E-state index is 0.0750. The molecule has 19 heavy (non-hydrogen) atoms. The SMILES string of the molecule is CN(CCCC(=O)O)C(=O)NCCc1ccccn1. The van der Waals surface area contributed by atoms with Crippen LogP contribution in [0.1, 0.15) is 18.5 Å². The molecule has 0 bridgehead atoms. The first-order chi connectivity index (χ1) is 9.09. The highest BCUT2D eigenvalue weighted by molar-refractivity contribution is 5.73. The Morgan fingerprint density at radius 3 is 2.84 bits per heavy atom. The third-order valence-corrected chi connectivity index (χ3v) is 2.61. The molecule has 0 aliphatic rings. The first-order valence-corrected chi connectivity index (χ1v) is 6.20. The van der Waals surface area contributed by atoms with Crippen molar-refractivity contribution in [1.29, 1.82) is 0 Å². The van der Waals surface area contributed by atoms with Gasteiger partial charge in [-0.1, -0.05) is 6.07 Å². The van der Waals surface area contributed by atoms with Crippen LogP contribution in [0.15, 0.2) is 24.4 Å². The Hall–Kier alpha value is -2.11. The molecule has 104 valence electrons. The van der Waals surface area contributed by atoms with E-state index in [4.69, 9.17) is 5.11 Å². The van der Waals surface area contributed by atoms with E-state index >= 15 is 0 Å². The van der Waals surface area contributed by atoms with Crippen molar-refractivity contribution in [3.63, 3.8) is 0 Å². The van der Waals surface area contributed by atoms with Crippen LogP contribution in [0.5, 0.6) is 0 Å². The van der Waals surface area contributed by atoms with Crippen LogP contribution in [0.3, 0.4) is 0 Å². The smallest absolute Gasteiger partial charge is 0.317 e. The molecule has 0 saturated carbocycles. The maximum absolute atomic E-state index is 11.7. The molecule has 0 saturated heterocycles. The summed E-state index contributed by atoms with van der Waals surface area (Å²) in [6.07, 6.45) is 2.93. The van der Waals surface area contributed by atoms with Crippen molar-refractivity contribution in [2.45, 2.75) is 19.3 Å². The van der Waals surface area contributed by atoms with Crippen LogP contribution in [0, 0.1) is 0 Å². The normalized spacial score (nSPS) is 9.95. The van der Waals surface area contributed by atoms with E-state index in [0.717, 1.165) is 5.69 Å². The number of urea groups is 1. The zero-order valence-electron chi connectivity index (χ0n) is 11.0. The monoisotopic (exact) mass is 265 g/mol. The number of pyridine rings is 1. The molecule has 1 aromatic rings. The molecule has 1 aromatic heterocycles. The molecule has 1 heterocycles. The van der Waals surface area contributed by atoms with Gasteiger partial charge in [-0.05, 0) is 18.6 Å². The first-order valence-electron chi connectivity index (χ1n) is 6.20. The Balaban J connectivity index is 2.18. The van der Waals surface area contributed by atoms with Crippen molar-refractivity contribution in [3.8, 4) is 0 Å². The van der Waals surface area contributed by atoms with Crippen molar-refractivity contribution >= 4 is 12.0 Å². The van der Waals surface area contributed by atoms with Crippen LogP contribution in [0.25, 0.3) is 0 Å². The number of carboxylic acid groups (broad SMARTS) is 1. The maximum atomic E-state index is 11.7. The molecule has 0 fully saturated rings. The minimum Gasteiger partial charge on any atom is -0.481 e. The Kier molecular flexibility index (Phi) is 6.35. The number of rotatable bonds is 7. The summed E-state index contributed by atoms with van der Waals surface area (Å²) in [5, 5.41) is 11.3. The van der Waals surface area contributed by atoms with Crippen molar-refractivity contribution in [1.82, 2.24) is 15.2 Å². The highest BCUT2D eigenvalue weighted by Gasteiger charge is 2.08. The number of hydrogen-bond donors (Lipinski definition) is 2. The molecule has 0 aromatic carbocycles. The van der Waals surface area contributed by atoms with Crippen LogP contribution in [0.2, 0.25) is 0 Å². The number of nitrogens with zero attached hydrogens (tertiary/aromatic N) is 2. The topological polar surface area (TPSA) is 82.5 Å². The summed E-state index contributed by atoms with van der Waals surface area (Å²) in [7, 11) is 1.65. The summed E-state index contributed by atoms with van der Waals surface area (Å²) < 4.78 is 0. The number of nitrogens with one attached hydrogen (secondary N) is 1. The van der Waals surface area contributed by atoms with Gasteiger partial charge in [0.2, 0.25) is 0 Å². The fraction of sp³-hybridized carbons (Fsp3) is 0.462. The van der Waals surface area contributed by atoms with Gasteiger partial charge in [-0.3, -0.25) is 9.78 Å². The van der Waals surface area contributed by atoms with Crippen molar-refractivity contribution in [3.05, 3.63) is 30.1 Å². The summed E-state index contributed by atoms with van der Waals surface area (Å²) in [5.74, 6) is -0.844. The van der Waals surface area contributed by atoms with Gasteiger partial charge in [-0.15, -0.1) is 0 Å². The molecule has 0 aliphatic carbocycles. The number of carbonyl (C=O) groups excluding carboxylic acids is 1. The van der Waals surface area contributed by atoms with Crippen LogP contribution in [-0.4, -0.2) is 47.1 Å². The van der Waals surface area contributed by atoms with Crippen molar-refractivity contribution in [2.75, 3.05) is 20.1 Å². The lowest BCUT2D eigenvalue weighted by molar-refractivity contribution is -0.137. The van der Waals surface area contributed by atoms with Crippen molar-refractivity contribution < 1.29 is 14.7 Å². The Morgan fingerprint density at radius 1 is 1.42 bits per heavy atom. The molecular weight excluding hydrogens is 246 g/mol. The van der Waals surface area contributed by atoms with E-state index in [1.54, 1.807) is 13.2 Å². The second kappa shape index (κ2) is 8.07. The molecule has 0 spiro atoms. The average Bonchev–Trinajstić information content (AvgIpc) is 2.39. The summed E-state index contributed by atoms with van der Waals surface area (Å²) in [6, 6.07) is 5.46. The molecule has 0 radical (unpaired) electrons. The van der Waals surface area contributed by atoms with Crippen LogP contribution >= 0.6 is 0 Å². The molecule has 0 aliphatic heterocycles. The predicted octanol–water partition coefficient (Wildman–Crippen LogP) is 1.13. The van der Waals surface area contributed by atoms with Gasteiger partial charge in [0, 0.05) is 44.9 Å². The lowest BCUT2D eigenvalue weighted by Crippen LogP contribution is -2.38. The maximum Gasteiger partial charge on any atom is 0.317 e. The quantitative estimate of drug-likeness (QED) is 0.774. The number of carbonyl (C=O) groups is 2. The number of hydrogen-bond acceptors (Lipinski definition) is 3. The zero-order chi connectivity index (χ0) is 14.1. The molecule has 0 unspecified atom stereocenters. The molecule has 1 rings (SSSR count). The van der Waals surface area contributed by atoms with Gasteiger partial charge in [0.15, 0.2) is 0 Å². The van der Waals surface area contributed by atoms with E-state index < -0.39 is 5.97 Å². The van der Waals surface area contributed by atoms with Crippen LogP contribution < -0.4 is 5.32 Å². The number of amides is 2. The largest absolute Gasteiger partial charge is 0.481 e. The standard InChI is InChI=1S/C13H19N3O3/c1-16(10-4-6-12(17)18)13(19)15-9-7-11-5-2-3-8-14-11/h2-3,5,8H,4,6-7,9-10H2,1H3,(H,15,19)(H,17,18). The van der Waals surface area contributed by atoms with E-state index in [1.165, 1.54) is 4.90 Å². The van der Waals surface area contributed by atoms with E-state index in [-0.39, 0.29) is 12.5 Å². The zero-order valence-corrected chi connectivity index (χ0v) is 11.0. The number of carboxylic acids is 1. The second-order valence-electron chi connectivity index (χ2n) is 4.22. The Morgan fingerprint density at radius 2 is 2.21 bits per heavy atom. The Labute approximate surface area is 112 Å². The molecule has 6 heteroatoms. The Bertz CT molecular complexity index is 409. The summed E-state index contributed by atoms with van der Waals surface area (Å²) in [4.78, 5) is 27.7. The molecule has 2 amide bonds. The molecule has 6 nitrogen and oxygen atoms in total. The van der Waals surface area contributed by atoms with E-state index in [2.05, 4.69) is 10.3 Å². The third kappa shape index (κ3) is 6.40. The minimum atomic E-state index is -0.844. The van der Waals surface area contributed by atoms with Crippen LogP contribution in [0.4, 0.5) is 4.79 Å². The van der Waals surface area contributed by atoms with Crippen molar-refractivity contribution in [2.24, 2.45) is 0 Å². The molecule has 0 atom stereocenters. The van der Waals surface area contributed by atoms with Gasteiger partial charge in [-0.2, -0.15) is 0 Å². The third-order valence-electron chi connectivity index (χ3n) is 2.61. The molecule has 2 N–H and O–H groups in total. The van der Waals surface area contributed by atoms with Gasteiger partial charge in [0.25, 0.3) is 0 Å². The highest BCUT2D eigenvalue weighted by Crippen LogP contribution is 1.95. The van der Waals surface area contributed by atoms with E-state index in [0.29, 0.717) is 25.9 Å². The summed E-state index contributed by atoms with van der Waals surface area (Å²) in [6.45, 7) is 0.945. The second-order valence-corrected chi connectivity index (χ2v) is 4.22. The molecular formula is C13H19N3O3. The van der Waals surface area contributed by atoms with Gasteiger partial charge >= 0.3 is 12.0 Å². The lowest BCUT2D eigenvalue weighted by atomic mass is 10.3. The number of aliphatic carboxylic acids is 1. The van der Waals surface area contributed by atoms with E-state index in [1.807, 2.05) is 18.2 Å². The van der Waals surface area contributed by atoms with Gasteiger partial charge in [0.05, 0.1) is 0 Å². The number of aromatic nitrogens is 1. The van der Waals surface area contributed by atoms with Gasteiger partial charge < -0.3 is 15.3 Å². The van der Waals surface area contributed by atoms with Gasteiger partial charge in [-0.25, -0.2) is 4.79 Å².